The van der Waals surface area contributed by atoms with Crippen molar-refractivity contribution in [1.29, 1.82) is 5.26 Å². The highest BCUT2D eigenvalue weighted by Crippen LogP contribution is 2.59. The molecule has 7 aliphatic rings. The largest absolute Gasteiger partial charge is 0.364 e. The lowest BCUT2D eigenvalue weighted by atomic mass is 9.75. The Morgan fingerprint density at radius 3 is 2.32 bits per heavy atom. The van der Waals surface area contributed by atoms with E-state index in [0.717, 1.165) is 49.8 Å². The summed E-state index contributed by atoms with van der Waals surface area (Å²) < 4.78 is 5.02. The molecule has 13 rings (SSSR count). The highest BCUT2D eigenvalue weighted by atomic mass is 15.3. The van der Waals surface area contributed by atoms with E-state index >= 15 is 0 Å². The maximum absolute atomic E-state index is 11.4. The topological polar surface area (TPSA) is 40.1 Å². The predicted molar refractivity (Wildman–Crippen MR) is 247 cm³/mol. The van der Waals surface area contributed by atoms with Crippen LogP contribution in [0.25, 0.3) is 55.0 Å². The zero-order chi connectivity index (χ0) is 39.5. The summed E-state index contributed by atoms with van der Waals surface area (Å²) >= 11 is 0. The van der Waals surface area contributed by atoms with Crippen LogP contribution in [0.3, 0.4) is 0 Å². The average molecular weight is 776 g/mol. The second kappa shape index (κ2) is 13.1. The van der Waals surface area contributed by atoms with Crippen molar-refractivity contribution in [1.82, 2.24) is 14.0 Å². The average Bonchev–Trinajstić information content (AvgIpc) is 4.04. The lowest BCUT2D eigenvalue weighted by Gasteiger charge is -2.42. The normalized spacial score (nSPS) is 26.6. The minimum Gasteiger partial charge on any atom is -0.364 e. The number of fused-ring (bicyclic) bond motifs is 13. The fourth-order valence-corrected chi connectivity index (χ4v) is 12.4. The minimum absolute atomic E-state index is 0.0941. The molecule has 1 saturated heterocycles. The van der Waals surface area contributed by atoms with Crippen molar-refractivity contribution in [2.75, 3.05) is 4.90 Å². The van der Waals surface area contributed by atoms with Crippen molar-refractivity contribution < 1.29 is 0 Å². The zero-order valence-corrected chi connectivity index (χ0v) is 33.5. The van der Waals surface area contributed by atoms with Crippen molar-refractivity contribution in [3.63, 3.8) is 0 Å². The van der Waals surface area contributed by atoms with E-state index in [2.05, 4.69) is 189 Å². The molecular weight excluding hydrogens is 731 g/mol. The maximum atomic E-state index is 11.4. The number of benzene rings is 4. The molecule has 5 aliphatic carbocycles. The van der Waals surface area contributed by atoms with Crippen LogP contribution in [0.5, 0.6) is 0 Å². The van der Waals surface area contributed by atoms with Gasteiger partial charge in [0.25, 0.3) is 0 Å². The molecule has 0 spiro atoms. The molecule has 1 fully saturated rings. The monoisotopic (exact) mass is 775 g/mol. The van der Waals surface area contributed by atoms with Crippen LogP contribution in [0.1, 0.15) is 38.5 Å². The van der Waals surface area contributed by atoms with E-state index < -0.39 is 0 Å². The molecule has 6 atom stereocenters. The lowest BCUT2D eigenvalue weighted by Crippen LogP contribution is -2.45. The molecule has 0 amide bonds. The maximum Gasteiger partial charge on any atom is 0.101 e. The van der Waals surface area contributed by atoms with Gasteiger partial charge in [-0.15, -0.1) is 0 Å². The molecule has 2 aromatic heterocycles. The summed E-state index contributed by atoms with van der Waals surface area (Å²) in [6.07, 6.45) is 34.6. The van der Waals surface area contributed by atoms with Crippen LogP contribution in [0, 0.1) is 29.1 Å². The van der Waals surface area contributed by atoms with Gasteiger partial charge in [-0.3, -0.25) is 0 Å². The summed E-state index contributed by atoms with van der Waals surface area (Å²) in [6.45, 7) is 0. The summed E-state index contributed by atoms with van der Waals surface area (Å²) in [7, 11) is 0. The third kappa shape index (κ3) is 4.68. The Kier molecular flexibility index (Phi) is 7.46. The van der Waals surface area contributed by atoms with Gasteiger partial charge in [0, 0.05) is 73.8 Å². The van der Waals surface area contributed by atoms with E-state index in [0.29, 0.717) is 18.0 Å². The molecule has 5 heteroatoms. The molecule has 4 aromatic carbocycles. The molecule has 290 valence electrons. The van der Waals surface area contributed by atoms with Gasteiger partial charge in [-0.1, -0.05) is 121 Å². The Morgan fingerprint density at radius 2 is 1.50 bits per heavy atom. The van der Waals surface area contributed by atoms with Crippen LogP contribution in [-0.2, 0) is 0 Å². The Labute approximate surface area is 350 Å². The number of allylic oxidation sites excluding steroid dienone is 12. The molecule has 0 bridgehead atoms. The van der Waals surface area contributed by atoms with Crippen molar-refractivity contribution in [2.24, 2.45) is 17.8 Å². The van der Waals surface area contributed by atoms with Gasteiger partial charge in [0.1, 0.15) is 6.07 Å². The van der Waals surface area contributed by atoms with Crippen molar-refractivity contribution >= 4 is 60.7 Å². The van der Waals surface area contributed by atoms with E-state index in [-0.39, 0.29) is 17.9 Å². The first kappa shape index (κ1) is 34.1. The highest BCUT2D eigenvalue weighted by Gasteiger charge is 2.56. The third-order valence-corrected chi connectivity index (χ3v) is 14.7. The van der Waals surface area contributed by atoms with Crippen LogP contribution in [0.4, 0.5) is 5.69 Å². The molecule has 4 heterocycles. The standard InChI is InChI=1S/C55H45N5/c56-34-35-32-39(60-47-26-14-11-23-41(47)42-28-30-49-51(54(42)60)44-24-12-15-27-48(44)57(49)36-16-4-1-5-17-36)33-45-52-50(59(53(35)45)38-20-8-3-9-21-38)31-29-43-40-22-10-13-25-46(40)58(55(43)52)37-18-6-2-7-19-37/h2-4,6-12,14-18,20-24,26-32,37,40,45-46,50,52H,1,5,13,19,25,33H2. The fourth-order valence-electron chi connectivity index (χ4n) is 12.4. The number of para-hydroxylation sites is 3. The molecule has 60 heavy (non-hydrogen) atoms. The Hall–Kier alpha value is -6.77. The summed E-state index contributed by atoms with van der Waals surface area (Å²) in [6, 6.07) is 37.0. The summed E-state index contributed by atoms with van der Waals surface area (Å²) in [5.41, 5.74) is 13.4. The van der Waals surface area contributed by atoms with Gasteiger partial charge in [-0.05, 0) is 86.6 Å². The first-order valence-electron chi connectivity index (χ1n) is 22.0. The second-order valence-electron chi connectivity index (χ2n) is 17.6. The first-order chi connectivity index (χ1) is 29.8. The first-order valence-corrected chi connectivity index (χ1v) is 22.0. The smallest absolute Gasteiger partial charge is 0.101 e. The van der Waals surface area contributed by atoms with E-state index in [1.807, 2.05) is 0 Å². The van der Waals surface area contributed by atoms with Gasteiger partial charge in [-0.2, -0.15) is 5.26 Å². The van der Waals surface area contributed by atoms with Gasteiger partial charge < -0.3 is 18.9 Å². The lowest BCUT2D eigenvalue weighted by molar-refractivity contribution is 0.175. The van der Waals surface area contributed by atoms with Gasteiger partial charge >= 0.3 is 0 Å². The van der Waals surface area contributed by atoms with Gasteiger partial charge in [-0.25, -0.2) is 0 Å². The number of hydrogen-bond donors (Lipinski definition) is 0. The minimum atomic E-state index is 0.0941. The summed E-state index contributed by atoms with van der Waals surface area (Å²) in [5, 5.41) is 16.4. The van der Waals surface area contributed by atoms with Crippen molar-refractivity contribution in [3.05, 3.63) is 186 Å². The molecule has 5 nitrogen and oxygen atoms in total. The summed E-state index contributed by atoms with van der Waals surface area (Å²) in [4.78, 5) is 5.39. The Balaban J connectivity index is 1.07. The van der Waals surface area contributed by atoms with E-state index in [4.69, 9.17) is 0 Å². The number of rotatable bonds is 4. The van der Waals surface area contributed by atoms with Gasteiger partial charge in [0.2, 0.25) is 0 Å². The molecule has 6 aromatic rings. The number of nitriles is 1. The van der Waals surface area contributed by atoms with Crippen LogP contribution < -0.4 is 4.90 Å². The number of aromatic nitrogens is 2. The molecular formula is C55H45N5. The Morgan fingerprint density at radius 1 is 0.667 bits per heavy atom. The molecule has 0 N–H and O–H groups in total. The van der Waals surface area contributed by atoms with Gasteiger partial charge in [0.05, 0.1) is 39.7 Å². The van der Waals surface area contributed by atoms with Crippen molar-refractivity contribution in [2.45, 2.75) is 56.7 Å². The molecule has 6 unspecified atom stereocenters. The molecule has 0 radical (unpaired) electrons. The summed E-state index contributed by atoms with van der Waals surface area (Å²) in [5.74, 6) is 0.670. The van der Waals surface area contributed by atoms with Gasteiger partial charge in [0.15, 0.2) is 0 Å². The Bertz CT molecular complexity index is 3160. The fraction of sp³-hybridized carbons (Fsp3) is 0.218. The van der Waals surface area contributed by atoms with Crippen LogP contribution >= 0.6 is 0 Å². The number of hydrogen-bond acceptors (Lipinski definition) is 3. The van der Waals surface area contributed by atoms with E-state index in [1.165, 1.54) is 72.0 Å². The second-order valence-corrected chi connectivity index (χ2v) is 17.6. The van der Waals surface area contributed by atoms with Crippen LogP contribution in [-0.4, -0.2) is 32.2 Å². The third-order valence-electron chi connectivity index (χ3n) is 14.7. The van der Waals surface area contributed by atoms with Crippen molar-refractivity contribution in [3.8, 4) is 6.07 Å². The van der Waals surface area contributed by atoms with Crippen LogP contribution in [0.2, 0.25) is 0 Å². The number of nitrogens with zero attached hydrogens (tertiary/aromatic N) is 5. The van der Waals surface area contributed by atoms with Crippen LogP contribution in [0.15, 0.2) is 186 Å². The molecule has 0 saturated carbocycles. The highest BCUT2D eigenvalue weighted by molar-refractivity contribution is 6.27. The van der Waals surface area contributed by atoms with E-state index in [9.17, 15) is 5.26 Å². The number of anilines is 1. The van der Waals surface area contributed by atoms with E-state index in [1.54, 1.807) is 0 Å². The molecule has 2 aliphatic heterocycles. The predicted octanol–water partition coefficient (Wildman–Crippen LogP) is 12.6. The zero-order valence-electron chi connectivity index (χ0n) is 33.5. The quantitative estimate of drug-likeness (QED) is 0.167. The SMILES string of the molecule is N#CC1=C2C(CC(n3c4ccccc4c4ccc5c(c6ccccc6n5C5=CCCC=C5)c43)=C1)C1C3=C(C=CC1N2c1ccccc1)C1C=CCCC1N3C1C=CC=CC1.